The number of nitrogens with one attached hydrogen (secondary N) is 1. The Morgan fingerprint density at radius 3 is 2.13 bits per heavy atom. The third-order valence-electron chi connectivity index (χ3n) is 5.32. The quantitative estimate of drug-likeness (QED) is 0.507. The first-order valence-electron chi connectivity index (χ1n) is 10.7. The maximum absolute atomic E-state index is 4.79. The van der Waals surface area contributed by atoms with E-state index in [-0.39, 0.29) is 6.17 Å². The molecule has 0 aromatic heterocycles. The lowest BCUT2D eigenvalue weighted by Gasteiger charge is -2.23. The molecule has 1 atom stereocenters. The number of guanidine groups is 1. The highest BCUT2D eigenvalue weighted by molar-refractivity contribution is 5.81. The van der Waals surface area contributed by atoms with E-state index < -0.39 is 0 Å². The second kappa shape index (κ2) is 10.00. The standard InChI is InChI=1S/C25H28N6/c1-3-30(4-2)23-17-15-22(16-18-23)27-28-25-26-24(21-13-9-6-10-14-21)31(29-25)19-20-11-7-5-8-12-20/h5-18,24H,3-4,19H2,1-2H3,(H,26,29)/t24-/m1/s1. The Kier molecular flexibility index (Phi) is 6.69. The number of anilines is 1. The molecule has 3 aromatic carbocycles. The maximum Gasteiger partial charge on any atom is 0.254 e. The first-order valence-corrected chi connectivity index (χ1v) is 10.7. The summed E-state index contributed by atoms with van der Waals surface area (Å²) >= 11 is 0. The molecule has 158 valence electrons. The summed E-state index contributed by atoms with van der Waals surface area (Å²) in [5.74, 6) is 0.512. The first kappa shape index (κ1) is 20.8. The van der Waals surface area contributed by atoms with Crippen molar-refractivity contribution in [3.05, 3.63) is 96.1 Å². The predicted octanol–water partition coefficient (Wildman–Crippen LogP) is 5.69. The zero-order chi connectivity index (χ0) is 21.5. The molecule has 0 unspecified atom stereocenters. The van der Waals surface area contributed by atoms with Gasteiger partial charge in [0.25, 0.3) is 5.96 Å². The van der Waals surface area contributed by atoms with Crippen molar-refractivity contribution < 1.29 is 0 Å². The Morgan fingerprint density at radius 1 is 0.839 bits per heavy atom. The van der Waals surface area contributed by atoms with Crippen LogP contribution in [-0.2, 0) is 6.54 Å². The van der Waals surface area contributed by atoms with E-state index in [9.17, 15) is 0 Å². The molecule has 0 aliphatic carbocycles. The summed E-state index contributed by atoms with van der Waals surface area (Å²) in [6, 6.07) is 28.7. The van der Waals surface area contributed by atoms with E-state index in [1.54, 1.807) is 0 Å². The summed E-state index contributed by atoms with van der Waals surface area (Å²) in [5.41, 5.74) is 7.63. The summed E-state index contributed by atoms with van der Waals surface area (Å²) in [6.45, 7) is 6.99. The van der Waals surface area contributed by atoms with Crippen molar-refractivity contribution in [1.82, 2.24) is 10.4 Å². The molecule has 0 fully saturated rings. The van der Waals surface area contributed by atoms with Gasteiger partial charge in [-0.05, 0) is 49.2 Å². The van der Waals surface area contributed by atoms with Crippen LogP contribution in [0.15, 0.2) is 100 Å². The van der Waals surface area contributed by atoms with E-state index in [0.717, 1.165) is 24.3 Å². The van der Waals surface area contributed by atoms with E-state index >= 15 is 0 Å². The molecule has 0 bridgehead atoms. The van der Waals surface area contributed by atoms with Crippen molar-refractivity contribution in [3.8, 4) is 0 Å². The number of hydrogen-bond donors (Lipinski definition) is 1. The monoisotopic (exact) mass is 412 g/mol. The molecule has 0 radical (unpaired) electrons. The number of hydrazine groups is 1. The summed E-state index contributed by atoms with van der Waals surface area (Å²) in [7, 11) is 0. The molecular formula is C25H28N6. The van der Waals surface area contributed by atoms with Crippen molar-refractivity contribution >= 4 is 17.3 Å². The minimum absolute atomic E-state index is 0.152. The van der Waals surface area contributed by atoms with Gasteiger partial charge in [-0.25, -0.2) is 4.99 Å². The fourth-order valence-electron chi connectivity index (χ4n) is 3.66. The molecule has 6 nitrogen and oxygen atoms in total. The van der Waals surface area contributed by atoms with E-state index in [2.05, 4.69) is 75.8 Å². The summed E-state index contributed by atoms with van der Waals surface area (Å²) in [5, 5.41) is 10.9. The molecule has 1 aliphatic rings. The van der Waals surface area contributed by atoms with E-state index in [1.807, 2.05) is 48.5 Å². The summed E-state index contributed by atoms with van der Waals surface area (Å²) in [4.78, 5) is 7.09. The molecule has 1 heterocycles. The molecule has 4 rings (SSSR count). The number of azo groups is 1. The fourth-order valence-corrected chi connectivity index (χ4v) is 3.66. The second-order valence-electron chi connectivity index (χ2n) is 7.35. The largest absolute Gasteiger partial charge is 0.372 e. The molecule has 0 amide bonds. The smallest absolute Gasteiger partial charge is 0.254 e. The Hall–Kier alpha value is -3.51. The number of nitrogens with zero attached hydrogens (tertiary/aromatic N) is 5. The highest BCUT2D eigenvalue weighted by Gasteiger charge is 2.27. The van der Waals surface area contributed by atoms with Crippen molar-refractivity contribution in [2.75, 3.05) is 18.0 Å². The minimum atomic E-state index is -0.152. The van der Waals surface area contributed by atoms with Gasteiger partial charge >= 0.3 is 0 Å². The highest BCUT2D eigenvalue weighted by Crippen LogP contribution is 2.27. The third kappa shape index (κ3) is 5.16. The van der Waals surface area contributed by atoms with Crippen molar-refractivity contribution in [2.24, 2.45) is 15.2 Å². The maximum atomic E-state index is 4.79. The van der Waals surface area contributed by atoms with E-state index in [1.165, 1.54) is 11.3 Å². The van der Waals surface area contributed by atoms with Gasteiger partial charge < -0.3 is 4.90 Å². The number of hydrogen-bond acceptors (Lipinski definition) is 6. The average Bonchev–Trinajstić information content (AvgIpc) is 3.23. The zero-order valence-electron chi connectivity index (χ0n) is 18.0. The van der Waals surface area contributed by atoms with Gasteiger partial charge in [0.15, 0.2) is 0 Å². The Bertz CT molecular complexity index is 1010. The summed E-state index contributed by atoms with van der Waals surface area (Å²) < 4.78 is 0. The summed E-state index contributed by atoms with van der Waals surface area (Å²) in [6.07, 6.45) is -0.152. The van der Waals surface area contributed by atoms with Gasteiger partial charge in [-0.1, -0.05) is 60.7 Å². The van der Waals surface area contributed by atoms with Gasteiger partial charge in [-0.2, -0.15) is 5.01 Å². The lowest BCUT2D eigenvalue weighted by atomic mass is 10.1. The van der Waals surface area contributed by atoms with Gasteiger partial charge in [-0.15, -0.1) is 10.2 Å². The Morgan fingerprint density at radius 2 is 1.48 bits per heavy atom. The SMILES string of the molecule is CCN(CC)c1ccc(N=NC2=N[C@@H](c3ccccc3)N(Cc3ccccc3)N2)cc1. The van der Waals surface area contributed by atoms with Crippen LogP contribution in [-0.4, -0.2) is 24.1 Å². The van der Waals surface area contributed by atoms with Crippen molar-refractivity contribution in [2.45, 2.75) is 26.6 Å². The molecule has 31 heavy (non-hydrogen) atoms. The first-order chi connectivity index (χ1) is 15.3. The number of benzene rings is 3. The van der Waals surface area contributed by atoms with Crippen molar-refractivity contribution in [1.29, 1.82) is 0 Å². The van der Waals surface area contributed by atoms with Gasteiger partial charge in [0, 0.05) is 25.3 Å². The van der Waals surface area contributed by atoms with Crippen LogP contribution in [0.25, 0.3) is 0 Å². The highest BCUT2D eigenvalue weighted by atomic mass is 15.6. The molecule has 3 aromatic rings. The van der Waals surface area contributed by atoms with Gasteiger partial charge in [0.2, 0.25) is 0 Å². The van der Waals surface area contributed by atoms with Gasteiger partial charge in [0.05, 0.1) is 5.69 Å². The molecule has 0 saturated carbocycles. The Balaban J connectivity index is 1.51. The van der Waals surface area contributed by atoms with Gasteiger partial charge in [0.1, 0.15) is 6.17 Å². The molecule has 6 heteroatoms. The zero-order valence-corrected chi connectivity index (χ0v) is 18.0. The lowest BCUT2D eigenvalue weighted by molar-refractivity contribution is 0.181. The van der Waals surface area contributed by atoms with E-state index in [4.69, 9.17) is 4.99 Å². The Labute approximate surface area is 183 Å². The molecule has 1 aliphatic heterocycles. The van der Waals surface area contributed by atoms with Crippen LogP contribution in [0, 0.1) is 0 Å². The molecule has 1 N–H and O–H groups in total. The van der Waals surface area contributed by atoms with Crippen LogP contribution in [0.1, 0.15) is 31.1 Å². The molecular weight excluding hydrogens is 384 g/mol. The van der Waals surface area contributed by atoms with Crippen LogP contribution in [0.2, 0.25) is 0 Å². The molecule has 0 spiro atoms. The normalized spacial score (nSPS) is 16.3. The van der Waals surface area contributed by atoms with Gasteiger partial charge in [-0.3, -0.25) is 5.43 Å². The van der Waals surface area contributed by atoms with Crippen LogP contribution in [0.5, 0.6) is 0 Å². The fraction of sp³-hybridized carbons (Fsp3) is 0.240. The number of aliphatic imine (C=N–C) groups is 1. The third-order valence-corrected chi connectivity index (χ3v) is 5.32. The van der Waals surface area contributed by atoms with Crippen LogP contribution in [0.4, 0.5) is 11.4 Å². The van der Waals surface area contributed by atoms with Crippen LogP contribution < -0.4 is 10.3 Å². The lowest BCUT2D eigenvalue weighted by Crippen LogP contribution is -2.36. The minimum Gasteiger partial charge on any atom is -0.372 e. The average molecular weight is 413 g/mol. The van der Waals surface area contributed by atoms with Crippen LogP contribution in [0.3, 0.4) is 0 Å². The van der Waals surface area contributed by atoms with E-state index in [0.29, 0.717) is 12.5 Å². The van der Waals surface area contributed by atoms with Crippen LogP contribution >= 0.6 is 0 Å². The molecule has 0 saturated heterocycles. The predicted molar refractivity (Wildman–Crippen MR) is 126 cm³/mol. The second-order valence-corrected chi connectivity index (χ2v) is 7.35. The number of rotatable bonds is 7. The topological polar surface area (TPSA) is 55.6 Å². The van der Waals surface area contributed by atoms with Crippen molar-refractivity contribution in [3.63, 3.8) is 0 Å².